The molecule has 2 aromatic rings. The Balaban J connectivity index is 1.90. The van der Waals surface area contributed by atoms with Gasteiger partial charge in [0.15, 0.2) is 0 Å². The Morgan fingerprint density at radius 3 is 2.86 bits per heavy atom. The van der Waals surface area contributed by atoms with Crippen molar-refractivity contribution in [2.24, 2.45) is 0 Å². The lowest BCUT2D eigenvalue weighted by Crippen LogP contribution is -2.15. The highest BCUT2D eigenvalue weighted by molar-refractivity contribution is 6.02. The van der Waals surface area contributed by atoms with Crippen LogP contribution >= 0.6 is 0 Å². The highest BCUT2D eigenvalue weighted by Crippen LogP contribution is 2.10. The fourth-order valence-electron chi connectivity index (χ4n) is 1.73. The number of methoxy groups -OCH3 is 1. The Labute approximate surface area is 127 Å². The first kappa shape index (κ1) is 15.8. The predicted octanol–water partition coefficient (Wildman–Crippen LogP) is 2.32. The minimum atomic E-state index is -0.441. The molecule has 0 aliphatic rings. The molecular weight excluding hydrogens is 287 g/mol. The van der Waals surface area contributed by atoms with Crippen LogP contribution < -0.4 is 10.6 Å². The SMILES string of the molecule is COCCCNc1cnc(C(=O)Nc2cccc(F)c2)cn1. The second-order valence-corrected chi connectivity index (χ2v) is 4.52. The molecule has 0 saturated heterocycles. The molecular formula is C15H17FN4O2. The van der Waals surface area contributed by atoms with Crippen molar-refractivity contribution in [3.8, 4) is 0 Å². The lowest BCUT2D eigenvalue weighted by molar-refractivity contribution is 0.102. The van der Waals surface area contributed by atoms with E-state index in [9.17, 15) is 9.18 Å². The smallest absolute Gasteiger partial charge is 0.275 e. The molecule has 2 rings (SSSR count). The average Bonchev–Trinajstić information content (AvgIpc) is 2.52. The Morgan fingerprint density at radius 2 is 2.18 bits per heavy atom. The number of carbonyl (C=O) groups is 1. The molecule has 0 radical (unpaired) electrons. The summed E-state index contributed by atoms with van der Waals surface area (Å²) < 4.78 is 18.0. The van der Waals surface area contributed by atoms with Crippen LogP contribution in [0.2, 0.25) is 0 Å². The number of nitrogens with zero attached hydrogens (tertiary/aromatic N) is 2. The van der Waals surface area contributed by atoms with Crippen LogP contribution in [-0.4, -0.2) is 36.1 Å². The van der Waals surface area contributed by atoms with Crippen molar-refractivity contribution in [3.63, 3.8) is 0 Å². The van der Waals surface area contributed by atoms with Crippen molar-refractivity contribution in [2.75, 3.05) is 30.9 Å². The predicted molar refractivity (Wildman–Crippen MR) is 81.4 cm³/mol. The van der Waals surface area contributed by atoms with E-state index in [2.05, 4.69) is 20.6 Å². The summed E-state index contributed by atoms with van der Waals surface area (Å²) in [6.07, 6.45) is 3.70. The number of nitrogens with one attached hydrogen (secondary N) is 2. The number of halogens is 1. The third kappa shape index (κ3) is 4.78. The van der Waals surface area contributed by atoms with Gasteiger partial charge in [-0.25, -0.2) is 14.4 Å². The van der Waals surface area contributed by atoms with Crippen LogP contribution in [0.15, 0.2) is 36.7 Å². The molecule has 2 N–H and O–H groups in total. The average molecular weight is 304 g/mol. The van der Waals surface area contributed by atoms with Crippen molar-refractivity contribution in [2.45, 2.75) is 6.42 Å². The first-order chi connectivity index (χ1) is 10.7. The number of carbonyl (C=O) groups excluding carboxylic acids is 1. The van der Waals surface area contributed by atoms with E-state index in [0.717, 1.165) is 6.42 Å². The zero-order valence-electron chi connectivity index (χ0n) is 12.2. The fourth-order valence-corrected chi connectivity index (χ4v) is 1.73. The van der Waals surface area contributed by atoms with Crippen LogP contribution in [-0.2, 0) is 4.74 Å². The summed E-state index contributed by atoms with van der Waals surface area (Å²) in [6.45, 7) is 1.37. The normalized spacial score (nSPS) is 10.3. The minimum absolute atomic E-state index is 0.159. The van der Waals surface area contributed by atoms with E-state index in [-0.39, 0.29) is 5.69 Å². The lowest BCUT2D eigenvalue weighted by Gasteiger charge is -2.06. The molecule has 1 aromatic carbocycles. The zero-order chi connectivity index (χ0) is 15.8. The Morgan fingerprint density at radius 1 is 1.32 bits per heavy atom. The molecule has 0 aliphatic carbocycles. The molecule has 116 valence electrons. The van der Waals surface area contributed by atoms with Crippen molar-refractivity contribution in [1.29, 1.82) is 0 Å². The van der Waals surface area contributed by atoms with Gasteiger partial charge in [0.25, 0.3) is 5.91 Å². The molecule has 6 nitrogen and oxygen atoms in total. The first-order valence-corrected chi connectivity index (χ1v) is 6.81. The van der Waals surface area contributed by atoms with Gasteiger partial charge in [-0.05, 0) is 24.6 Å². The van der Waals surface area contributed by atoms with Gasteiger partial charge < -0.3 is 15.4 Å². The summed E-state index contributed by atoms with van der Waals surface area (Å²) >= 11 is 0. The van der Waals surface area contributed by atoms with Gasteiger partial charge in [0.1, 0.15) is 17.3 Å². The van der Waals surface area contributed by atoms with E-state index >= 15 is 0 Å². The third-order valence-corrected chi connectivity index (χ3v) is 2.80. The van der Waals surface area contributed by atoms with Gasteiger partial charge in [0, 0.05) is 25.9 Å². The molecule has 0 atom stereocenters. The number of anilines is 2. The summed E-state index contributed by atoms with van der Waals surface area (Å²) in [6, 6.07) is 5.65. The Bertz CT molecular complexity index is 619. The molecule has 1 amide bonds. The maximum absolute atomic E-state index is 13.0. The molecule has 0 spiro atoms. The number of ether oxygens (including phenoxy) is 1. The van der Waals surface area contributed by atoms with E-state index in [1.807, 2.05) is 0 Å². The van der Waals surface area contributed by atoms with Crippen molar-refractivity contribution in [1.82, 2.24) is 9.97 Å². The van der Waals surface area contributed by atoms with Gasteiger partial charge in [-0.2, -0.15) is 0 Å². The molecule has 0 unspecified atom stereocenters. The summed E-state index contributed by atoms with van der Waals surface area (Å²) in [5.74, 6) is -0.276. The molecule has 22 heavy (non-hydrogen) atoms. The van der Waals surface area contributed by atoms with E-state index in [4.69, 9.17) is 4.74 Å². The molecule has 0 aliphatic heterocycles. The van der Waals surface area contributed by atoms with Gasteiger partial charge in [0.2, 0.25) is 0 Å². The van der Waals surface area contributed by atoms with Gasteiger partial charge in [-0.3, -0.25) is 4.79 Å². The highest BCUT2D eigenvalue weighted by atomic mass is 19.1. The second kappa shape index (κ2) is 8.04. The number of benzene rings is 1. The van der Waals surface area contributed by atoms with Crippen LogP contribution in [0.1, 0.15) is 16.9 Å². The maximum Gasteiger partial charge on any atom is 0.275 e. The lowest BCUT2D eigenvalue weighted by atomic mass is 10.3. The summed E-state index contributed by atoms with van der Waals surface area (Å²) in [5.41, 5.74) is 0.528. The number of rotatable bonds is 7. The van der Waals surface area contributed by atoms with Crippen LogP contribution in [0.4, 0.5) is 15.9 Å². The quantitative estimate of drug-likeness (QED) is 0.768. The largest absolute Gasteiger partial charge is 0.385 e. The summed E-state index contributed by atoms with van der Waals surface area (Å²) in [4.78, 5) is 20.1. The second-order valence-electron chi connectivity index (χ2n) is 4.52. The Hall–Kier alpha value is -2.54. The molecule has 7 heteroatoms. The molecule has 1 heterocycles. The minimum Gasteiger partial charge on any atom is -0.385 e. The zero-order valence-corrected chi connectivity index (χ0v) is 12.2. The van der Waals surface area contributed by atoms with Gasteiger partial charge in [-0.15, -0.1) is 0 Å². The number of hydrogen-bond donors (Lipinski definition) is 2. The molecule has 0 saturated carbocycles. The van der Waals surface area contributed by atoms with E-state index in [0.29, 0.717) is 24.7 Å². The third-order valence-electron chi connectivity index (χ3n) is 2.80. The summed E-state index contributed by atoms with van der Waals surface area (Å²) in [7, 11) is 1.64. The molecule has 0 fully saturated rings. The van der Waals surface area contributed by atoms with Crippen molar-refractivity contribution in [3.05, 3.63) is 48.2 Å². The van der Waals surface area contributed by atoms with Crippen molar-refractivity contribution < 1.29 is 13.9 Å². The molecule has 1 aromatic heterocycles. The first-order valence-electron chi connectivity index (χ1n) is 6.81. The standard InChI is InChI=1S/C15H17FN4O2/c1-22-7-3-6-17-14-10-18-13(9-19-14)15(21)20-12-5-2-4-11(16)8-12/h2,4-5,8-10H,3,6-7H2,1H3,(H,17,19)(H,20,21). The Kier molecular flexibility index (Phi) is 5.79. The van der Waals surface area contributed by atoms with E-state index in [1.165, 1.54) is 30.6 Å². The molecule has 0 bridgehead atoms. The highest BCUT2D eigenvalue weighted by Gasteiger charge is 2.08. The van der Waals surface area contributed by atoms with Crippen molar-refractivity contribution >= 4 is 17.4 Å². The van der Waals surface area contributed by atoms with E-state index < -0.39 is 11.7 Å². The maximum atomic E-state index is 13.0. The number of amides is 1. The monoisotopic (exact) mass is 304 g/mol. The van der Waals surface area contributed by atoms with Crippen LogP contribution in [0.3, 0.4) is 0 Å². The van der Waals surface area contributed by atoms with Gasteiger partial charge in [0.05, 0.1) is 12.4 Å². The van der Waals surface area contributed by atoms with Crippen LogP contribution in [0.25, 0.3) is 0 Å². The number of hydrogen-bond acceptors (Lipinski definition) is 5. The van der Waals surface area contributed by atoms with E-state index in [1.54, 1.807) is 13.2 Å². The number of aromatic nitrogens is 2. The van der Waals surface area contributed by atoms with Gasteiger partial charge >= 0.3 is 0 Å². The fraction of sp³-hybridized carbons (Fsp3) is 0.267. The van der Waals surface area contributed by atoms with Gasteiger partial charge in [-0.1, -0.05) is 6.07 Å². The van der Waals surface area contributed by atoms with Crippen LogP contribution in [0.5, 0.6) is 0 Å². The van der Waals surface area contributed by atoms with Crippen LogP contribution in [0, 0.1) is 5.82 Å². The topological polar surface area (TPSA) is 76.1 Å². The summed E-state index contributed by atoms with van der Waals surface area (Å²) in [5, 5.41) is 5.63.